The largest absolute Gasteiger partial charge is 0.389 e. The summed E-state index contributed by atoms with van der Waals surface area (Å²) in [5.41, 5.74) is 0. The lowest BCUT2D eigenvalue weighted by molar-refractivity contribution is -0.120. The molecule has 2 unspecified atom stereocenters. The molecular formula is C16H32N2O3. The van der Waals surface area contributed by atoms with Crippen LogP contribution in [0.1, 0.15) is 52.4 Å². The molecule has 5 nitrogen and oxygen atoms in total. The molecule has 21 heavy (non-hydrogen) atoms. The van der Waals surface area contributed by atoms with E-state index in [2.05, 4.69) is 24.5 Å². The highest BCUT2D eigenvalue weighted by atomic mass is 16.5. The fourth-order valence-electron chi connectivity index (χ4n) is 2.19. The van der Waals surface area contributed by atoms with Gasteiger partial charge in [-0.2, -0.15) is 0 Å². The van der Waals surface area contributed by atoms with Crippen LogP contribution in [0.15, 0.2) is 0 Å². The smallest absolute Gasteiger partial charge is 0.234 e. The van der Waals surface area contributed by atoms with Crippen molar-refractivity contribution in [3.63, 3.8) is 0 Å². The lowest BCUT2D eigenvalue weighted by Crippen LogP contribution is -2.39. The maximum atomic E-state index is 11.4. The van der Waals surface area contributed by atoms with Gasteiger partial charge in [0.2, 0.25) is 5.91 Å². The standard InChI is InChI=1S/C16H32N2O3/c1-3-5-6-13(4-2)11-21-12-15(19)9-17-10-16(20)18-14-7-8-14/h13-15,17,19H,3-12H2,1-2H3,(H,18,20). The normalized spacial score (nSPS) is 17.5. The average Bonchev–Trinajstić information content (AvgIpc) is 3.26. The molecule has 1 fully saturated rings. The number of aliphatic hydroxyl groups is 1. The summed E-state index contributed by atoms with van der Waals surface area (Å²) < 4.78 is 5.59. The molecule has 0 saturated heterocycles. The van der Waals surface area contributed by atoms with E-state index in [1.165, 1.54) is 19.3 Å². The minimum Gasteiger partial charge on any atom is -0.389 e. The summed E-state index contributed by atoms with van der Waals surface area (Å²) in [4.78, 5) is 11.4. The summed E-state index contributed by atoms with van der Waals surface area (Å²) in [5, 5.41) is 15.7. The summed E-state index contributed by atoms with van der Waals surface area (Å²) in [5.74, 6) is 0.602. The summed E-state index contributed by atoms with van der Waals surface area (Å²) in [7, 11) is 0. The molecule has 1 amide bonds. The molecule has 0 heterocycles. The number of hydrogen-bond acceptors (Lipinski definition) is 4. The number of rotatable bonds is 13. The molecule has 1 aliphatic rings. The van der Waals surface area contributed by atoms with Crippen LogP contribution in [-0.2, 0) is 9.53 Å². The Labute approximate surface area is 128 Å². The van der Waals surface area contributed by atoms with Gasteiger partial charge in [0, 0.05) is 19.2 Å². The van der Waals surface area contributed by atoms with Crippen LogP contribution in [0.3, 0.4) is 0 Å². The number of amides is 1. The van der Waals surface area contributed by atoms with E-state index in [0.29, 0.717) is 25.1 Å². The molecule has 1 saturated carbocycles. The minimum atomic E-state index is -0.553. The summed E-state index contributed by atoms with van der Waals surface area (Å²) in [6.07, 6.45) is 6.41. The van der Waals surface area contributed by atoms with Gasteiger partial charge < -0.3 is 20.5 Å². The molecule has 0 aromatic heterocycles. The number of ether oxygens (including phenoxy) is 1. The van der Waals surface area contributed by atoms with Crippen LogP contribution in [0.2, 0.25) is 0 Å². The summed E-state index contributed by atoms with van der Waals surface area (Å²) in [6.45, 7) is 6.09. The Hall–Kier alpha value is -0.650. The van der Waals surface area contributed by atoms with Crippen molar-refractivity contribution in [2.45, 2.75) is 64.5 Å². The number of nitrogens with one attached hydrogen (secondary N) is 2. The van der Waals surface area contributed by atoms with Crippen molar-refractivity contribution in [1.82, 2.24) is 10.6 Å². The first kappa shape index (κ1) is 18.4. The van der Waals surface area contributed by atoms with Crippen LogP contribution >= 0.6 is 0 Å². The quantitative estimate of drug-likeness (QED) is 0.481. The van der Waals surface area contributed by atoms with Gasteiger partial charge in [0.25, 0.3) is 0 Å². The molecule has 0 bridgehead atoms. The van der Waals surface area contributed by atoms with E-state index in [1.54, 1.807) is 0 Å². The molecule has 5 heteroatoms. The first-order chi connectivity index (χ1) is 10.2. The fourth-order valence-corrected chi connectivity index (χ4v) is 2.19. The molecule has 2 atom stereocenters. The maximum absolute atomic E-state index is 11.4. The Balaban J connectivity index is 1.96. The van der Waals surface area contributed by atoms with Gasteiger partial charge in [-0.3, -0.25) is 4.79 Å². The van der Waals surface area contributed by atoms with E-state index in [4.69, 9.17) is 4.74 Å². The summed E-state index contributed by atoms with van der Waals surface area (Å²) >= 11 is 0. The molecule has 0 radical (unpaired) electrons. The predicted molar refractivity (Wildman–Crippen MR) is 84.2 cm³/mol. The minimum absolute atomic E-state index is 0.0104. The van der Waals surface area contributed by atoms with Gasteiger partial charge >= 0.3 is 0 Å². The van der Waals surface area contributed by atoms with E-state index < -0.39 is 6.10 Å². The van der Waals surface area contributed by atoms with E-state index in [0.717, 1.165) is 25.9 Å². The third-order valence-corrected chi connectivity index (χ3v) is 3.82. The average molecular weight is 300 g/mol. The highest BCUT2D eigenvalue weighted by molar-refractivity contribution is 5.78. The molecular weight excluding hydrogens is 268 g/mol. The lowest BCUT2D eigenvalue weighted by Gasteiger charge is -2.17. The van der Waals surface area contributed by atoms with Gasteiger partial charge in [-0.15, -0.1) is 0 Å². The van der Waals surface area contributed by atoms with E-state index in [9.17, 15) is 9.90 Å². The fraction of sp³-hybridized carbons (Fsp3) is 0.938. The second kappa shape index (κ2) is 11.0. The molecule has 1 aliphatic carbocycles. The zero-order valence-corrected chi connectivity index (χ0v) is 13.6. The molecule has 0 aliphatic heterocycles. The maximum Gasteiger partial charge on any atom is 0.234 e. The number of hydrogen-bond donors (Lipinski definition) is 3. The van der Waals surface area contributed by atoms with Crippen molar-refractivity contribution in [3.05, 3.63) is 0 Å². The monoisotopic (exact) mass is 300 g/mol. The Morgan fingerprint density at radius 2 is 2.10 bits per heavy atom. The van der Waals surface area contributed by atoms with Crippen molar-refractivity contribution < 1.29 is 14.6 Å². The number of aliphatic hydroxyl groups excluding tert-OH is 1. The van der Waals surface area contributed by atoms with E-state index in [1.807, 2.05) is 0 Å². The zero-order valence-electron chi connectivity index (χ0n) is 13.6. The second-order valence-corrected chi connectivity index (χ2v) is 6.08. The Morgan fingerprint density at radius 3 is 2.71 bits per heavy atom. The van der Waals surface area contributed by atoms with Crippen molar-refractivity contribution >= 4 is 5.91 Å². The third kappa shape index (κ3) is 9.82. The zero-order chi connectivity index (χ0) is 15.5. The first-order valence-electron chi connectivity index (χ1n) is 8.41. The number of carbonyl (C=O) groups is 1. The lowest BCUT2D eigenvalue weighted by atomic mass is 10.0. The van der Waals surface area contributed by atoms with Crippen molar-refractivity contribution in [3.8, 4) is 0 Å². The van der Waals surface area contributed by atoms with Gasteiger partial charge in [-0.05, 0) is 25.2 Å². The van der Waals surface area contributed by atoms with E-state index in [-0.39, 0.29) is 12.5 Å². The van der Waals surface area contributed by atoms with Gasteiger partial charge in [0.1, 0.15) is 0 Å². The first-order valence-corrected chi connectivity index (χ1v) is 8.41. The Morgan fingerprint density at radius 1 is 1.33 bits per heavy atom. The SMILES string of the molecule is CCCCC(CC)COCC(O)CNCC(=O)NC1CC1. The van der Waals surface area contributed by atoms with Gasteiger partial charge in [-0.1, -0.05) is 33.1 Å². The highest BCUT2D eigenvalue weighted by Gasteiger charge is 2.22. The molecule has 124 valence electrons. The molecule has 3 N–H and O–H groups in total. The van der Waals surface area contributed by atoms with Crippen LogP contribution in [0.25, 0.3) is 0 Å². The van der Waals surface area contributed by atoms with Crippen molar-refractivity contribution in [2.24, 2.45) is 5.92 Å². The van der Waals surface area contributed by atoms with Crippen molar-refractivity contribution in [2.75, 3.05) is 26.3 Å². The van der Waals surface area contributed by atoms with Crippen LogP contribution in [-0.4, -0.2) is 49.5 Å². The van der Waals surface area contributed by atoms with Crippen LogP contribution in [0.4, 0.5) is 0 Å². The highest BCUT2D eigenvalue weighted by Crippen LogP contribution is 2.18. The molecule has 0 aromatic rings. The third-order valence-electron chi connectivity index (χ3n) is 3.82. The molecule has 0 spiro atoms. The van der Waals surface area contributed by atoms with Gasteiger partial charge in [0.05, 0.1) is 19.3 Å². The summed E-state index contributed by atoms with van der Waals surface area (Å²) in [6, 6.07) is 0.390. The van der Waals surface area contributed by atoms with Crippen LogP contribution in [0.5, 0.6) is 0 Å². The van der Waals surface area contributed by atoms with Crippen LogP contribution in [0, 0.1) is 5.92 Å². The van der Waals surface area contributed by atoms with Gasteiger partial charge in [0.15, 0.2) is 0 Å². The molecule has 0 aromatic carbocycles. The van der Waals surface area contributed by atoms with Crippen LogP contribution < -0.4 is 10.6 Å². The number of unbranched alkanes of at least 4 members (excludes halogenated alkanes) is 1. The Kier molecular flexibility index (Phi) is 9.63. The Bertz CT molecular complexity index is 283. The topological polar surface area (TPSA) is 70.6 Å². The predicted octanol–water partition coefficient (Wildman–Crippen LogP) is 1.45. The van der Waals surface area contributed by atoms with Gasteiger partial charge in [-0.25, -0.2) is 0 Å². The number of carbonyl (C=O) groups excluding carboxylic acids is 1. The van der Waals surface area contributed by atoms with Crippen molar-refractivity contribution in [1.29, 1.82) is 0 Å². The molecule has 1 rings (SSSR count). The second-order valence-electron chi connectivity index (χ2n) is 6.08. The van der Waals surface area contributed by atoms with E-state index >= 15 is 0 Å².